The molecule has 0 bridgehead atoms. The van der Waals surface area contributed by atoms with E-state index in [0.29, 0.717) is 26.4 Å². The van der Waals surface area contributed by atoms with E-state index < -0.39 is 10.8 Å². The maximum atomic E-state index is 12.2. The van der Waals surface area contributed by atoms with Gasteiger partial charge < -0.3 is 0 Å². The summed E-state index contributed by atoms with van der Waals surface area (Å²) in [5.74, 6) is 0.469. The van der Waals surface area contributed by atoms with Gasteiger partial charge in [-0.15, -0.1) is 0 Å². The molecule has 0 aliphatic rings. The lowest BCUT2D eigenvalue weighted by Crippen LogP contribution is -2.00. The molecule has 0 saturated carbocycles. The average molecular weight is 351 g/mol. The summed E-state index contributed by atoms with van der Waals surface area (Å²) in [6.07, 6.45) is 0. The molecule has 0 radical (unpaired) electrons. The van der Waals surface area contributed by atoms with Gasteiger partial charge in [-0.2, -0.15) is 5.26 Å². The third-order valence-electron chi connectivity index (χ3n) is 2.99. The van der Waals surface area contributed by atoms with Crippen molar-refractivity contribution in [1.29, 1.82) is 5.26 Å². The van der Waals surface area contributed by atoms with Crippen LogP contribution in [0.1, 0.15) is 22.4 Å². The predicted octanol–water partition coefficient (Wildman–Crippen LogP) is 4.22. The number of nitrogens with zero attached hydrogens (tertiary/aromatic N) is 2. The van der Waals surface area contributed by atoms with Gasteiger partial charge in [0, 0.05) is 27.3 Å². The first kappa shape index (κ1) is 17.0. The number of hydrogen-bond acceptors (Lipinski definition) is 4. The van der Waals surface area contributed by atoms with Gasteiger partial charge in [0.15, 0.2) is 0 Å². The number of rotatable bonds is 5. The van der Waals surface area contributed by atoms with E-state index in [0.717, 1.165) is 16.8 Å². The number of hydrogen-bond donors (Lipinski definition) is 0. The van der Waals surface area contributed by atoms with Crippen molar-refractivity contribution in [2.45, 2.75) is 24.6 Å². The molecule has 0 spiro atoms. The zero-order valence-corrected chi connectivity index (χ0v) is 14.7. The fraction of sp³-hybridized carbons (Fsp3) is 0.250. The fourth-order valence-electron chi connectivity index (χ4n) is 1.97. The van der Waals surface area contributed by atoms with Crippen molar-refractivity contribution in [3.8, 4) is 6.07 Å². The molecule has 0 aliphatic heterocycles. The quantitative estimate of drug-likeness (QED) is 0.757. The van der Waals surface area contributed by atoms with Crippen LogP contribution >= 0.6 is 23.4 Å². The lowest BCUT2D eigenvalue weighted by atomic mass is 10.1. The molecule has 0 saturated heterocycles. The minimum atomic E-state index is -1.03. The van der Waals surface area contributed by atoms with E-state index in [-0.39, 0.29) is 0 Å². The summed E-state index contributed by atoms with van der Waals surface area (Å²) in [6.45, 7) is 3.78. The molecule has 22 heavy (non-hydrogen) atoms. The van der Waals surface area contributed by atoms with Gasteiger partial charge in [0.05, 0.1) is 10.6 Å². The largest absolute Gasteiger partial charge is 0.258 e. The lowest BCUT2D eigenvalue weighted by molar-refractivity contribution is 0.685. The Morgan fingerprint density at radius 2 is 2.00 bits per heavy atom. The van der Waals surface area contributed by atoms with Crippen LogP contribution in [0, 0.1) is 25.2 Å². The Balaban J connectivity index is 2.02. The number of pyridine rings is 1. The number of thioether (sulfide) groups is 1. The number of aryl methyl sites for hydroxylation is 2. The van der Waals surface area contributed by atoms with Crippen LogP contribution in [0.4, 0.5) is 0 Å². The monoisotopic (exact) mass is 350 g/mol. The number of halogens is 1. The van der Waals surface area contributed by atoms with Crippen molar-refractivity contribution >= 4 is 34.2 Å². The van der Waals surface area contributed by atoms with Crippen molar-refractivity contribution in [1.82, 2.24) is 4.98 Å². The molecule has 2 aromatic rings. The Hall–Kier alpha value is -1.35. The summed E-state index contributed by atoms with van der Waals surface area (Å²) < 4.78 is 12.2. The third-order valence-corrected chi connectivity index (χ3v) is 5.99. The van der Waals surface area contributed by atoms with Crippen molar-refractivity contribution in [3.63, 3.8) is 0 Å². The predicted molar refractivity (Wildman–Crippen MR) is 92.4 cm³/mol. The van der Waals surface area contributed by atoms with Crippen LogP contribution in [0.25, 0.3) is 0 Å². The summed E-state index contributed by atoms with van der Waals surface area (Å²) in [5, 5.41) is 11.0. The van der Waals surface area contributed by atoms with Gasteiger partial charge in [-0.3, -0.25) is 4.21 Å². The van der Waals surface area contributed by atoms with Crippen LogP contribution in [0.2, 0.25) is 5.02 Å². The second kappa shape index (κ2) is 7.77. The Morgan fingerprint density at radius 1 is 1.32 bits per heavy atom. The van der Waals surface area contributed by atoms with Gasteiger partial charge in [-0.1, -0.05) is 35.5 Å². The van der Waals surface area contributed by atoms with Crippen LogP contribution in [-0.2, 0) is 16.6 Å². The zero-order valence-electron chi connectivity index (χ0n) is 12.3. The number of aromatic nitrogens is 1. The van der Waals surface area contributed by atoms with E-state index in [2.05, 4.69) is 11.1 Å². The Morgan fingerprint density at radius 3 is 2.64 bits per heavy atom. The summed E-state index contributed by atoms with van der Waals surface area (Å²) in [5.41, 5.74) is 3.32. The van der Waals surface area contributed by atoms with E-state index in [9.17, 15) is 9.47 Å². The van der Waals surface area contributed by atoms with Crippen molar-refractivity contribution in [2.75, 3.05) is 5.08 Å². The van der Waals surface area contributed by atoms with Crippen LogP contribution in [-0.4, -0.2) is 14.3 Å². The minimum Gasteiger partial charge on any atom is -0.258 e. The molecule has 6 heteroatoms. The number of benzene rings is 1. The second-order valence-corrected chi connectivity index (χ2v) is 8.07. The minimum absolute atomic E-state index is 0.410. The van der Waals surface area contributed by atoms with Crippen LogP contribution in [0.15, 0.2) is 35.4 Å². The molecule has 3 nitrogen and oxygen atoms in total. The first-order chi connectivity index (χ1) is 10.5. The zero-order chi connectivity index (χ0) is 16.1. The SMILES string of the molecule is Cc1cc(C)c(C#N)c(SC[S@@](=O)Cc2ccc(Cl)cc2)n1. The highest BCUT2D eigenvalue weighted by Gasteiger charge is 2.11. The molecule has 1 aromatic heterocycles. The summed E-state index contributed by atoms with van der Waals surface area (Å²) in [6, 6.07) is 11.4. The van der Waals surface area contributed by atoms with Gasteiger partial charge in [-0.25, -0.2) is 4.98 Å². The molecule has 0 aliphatic carbocycles. The first-order valence-electron chi connectivity index (χ1n) is 6.60. The van der Waals surface area contributed by atoms with Gasteiger partial charge in [-0.05, 0) is 43.2 Å². The van der Waals surface area contributed by atoms with Crippen LogP contribution in [0.5, 0.6) is 0 Å². The van der Waals surface area contributed by atoms with Crippen molar-refractivity contribution in [3.05, 3.63) is 57.7 Å². The van der Waals surface area contributed by atoms with Gasteiger partial charge in [0.25, 0.3) is 0 Å². The second-order valence-electron chi connectivity index (χ2n) is 4.85. The highest BCUT2D eigenvalue weighted by atomic mass is 35.5. The maximum absolute atomic E-state index is 12.2. The van der Waals surface area contributed by atoms with Gasteiger partial charge in [0.1, 0.15) is 11.1 Å². The number of nitriles is 1. The Bertz CT molecular complexity index is 739. The molecule has 1 aromatic carbocycles. The molecule has 114 valence electrons. The van der Waals surface area contributed by atoms with Gasteiger partial charge in [0.2, 0.25) is 0 Å². The third kappa shape index (κ3) is 4.57. The van der Waals surface area contributed by atoms with Crippen molar-refractivity contribution < 1.29 is 4.21 Å². The summed E-state index contributed by atoms with van der Waals surface area (Å²) in [4.78, 5) is 4.38. The molecule has 0 N–H and O–H groups in total. The van der Waals surface area contributed by atoms with E-state index in [1.54, 1.807) is 12.1 Å². The topological polar surface area (TPSA) is 53.8 Å². The van der Waals surface area contributed by atoms with E-state index >= 15 is 0 Å². The smallest absolute Gasteiger partial charge is 0.115 e. The molecular formula is C16H15ClN2OS2. The standard InChI is InChI=1S/C16H15ClN2OS2/c1-11-7-12(2)19-16(15(11)8-18)21-10-22(20)9-13-3-5-14(17)6-4-13/h3-7H,9-10H2,1-2H3/t22-/m0/s1. The molecule has 1 atom stereocenters. The molecular weight excluding hydrogens is 336 g/mol. The van der Waals surface area contributed by atoms with Crippen molar-refractivity contribution in [2.24, 2.45) is 0 Å². The first-order valence-corrected chi connectivity index (χ1v) is 9.45. The molecule has 1 heterocycles. The van der Waals surface area contributed by atoms with Crippen LogP contribution in [0.3, 0.4) is 0 Å². The molecule has 0 fully saturated rings. The highest BCUT2D eigenvalue weighted by molar-refractivity contribution is 8.10. The molecule has 2 rings (SSSR count). The molecule has 0 amide bonds. The van der Waals surface area contributed by atoms with Gasteiger partial charge >= 0.3 is 0 Å². The Kier molecular flexibility index (Phi) is 6.01. The van der Waals surface area contributed by atoms with Crippen LogP contribution < -0.4 is 0 Å². The fourth-order valence-corrected chi connectivity index (χ4v) is 4.53. The summed E-state index contributed by atoms with van der Waals surface area (Å²) in [7, 11) is -1.03. The normalized spacial score (nSPS) is 11.9. The van der Waals surface area contributed by atoms with E-state index in [1.807, 2.05) is 32.0 Å². The maximum Gasteiger partial charge on any atom is 0.115 e. The van der Waals surface area contributed by atoms with E-state index in [4.69, 9.17) is 11.6 Å². The lowest BCUT2D eigenvalue weighted by Gasteiger charge is -2.07. The molecule has 0 unspecified atom stereocenters. The average Bonchev–Trinajstić information content (AvgIpc) is 2.47. The Labute approximate surface area is 142 Å². The highest BCUT2D eigenvalue weighted by Crippen LogP contribution is 2.24. The summed E-state index contributed by atoms with van der Waals surface area (Å²) >= 11 is 7.20. The van der Waals surface area contributed by atoms with E-state index in [1.165, 1.54) is 11.8 Å².